The van der Waals surface area contributed by atoms with Crippen molar-refractivity contribution in [2.45, 2.75) is 25.3 Å². The lowest BCUT2D eigenvalue weighted by molar-refractivity contribution is 0.527. The predicted octanol–water partition coefficient (Wildman–Crippen LogP) is 2.37. The standard InChI is InChI=1S/C14H19ClN2O2S/c15-13-6-4-12(5-7-13)8-10-20(18,19)17-14-3-1-2-9-16-11-14/h4-8,10,14,16-17H,1-3,9,11H2. The maximum atomic E-state index is 12.0. The molecule has 0 radical (unpaired) electrons. The Balaban J connectivity index is 1.97. The molecule has 6 heteroatoms. The fourth-order valence-corrected chi connectivity index (χ4v) is 3.34. The number of nitrogens with one attached hydrogen (secondary N) is 2. The zero-order valence-corrected chi connectivity index (χ0v) is 12.8. The molecule has 1 aliphatic heterocycles. The second-order valence-corrected chi connectivity index (χ2v) is 6.95. The van der Waals surface area contributed by atoms with Gasteiger partial charge < -0.3 is 5.32 Å². The average Bonchev–Trinajstić information content (AvgIpc) is 2.66. The van der Waals surface area contributed by atoms with E-state index in [1.807, 2.05) is 0 Å². The Bertz CT molecular complexity index is 547. The number of sulfonamides is 1. The summed E-state index contributed by atoms with van der Waals surface area (Å²) in [5.41, 5.74) is 0.804. The fraction of sp³-hybridized carbons (Fsp3) is 0.429. The minimum atomic E-state index is -3.41. The van der Waals surface area contributed by atoms with Gasteiger partial charge in [-0.2, -0.15) is 0 Å². The quantitative estimate of drug-likeness (QED) is 0.897. The second kappa shape index (κ2) is 7.22. The summed E-state index contributed by atoms with van der Waals surface area (Å²) < 4.78 is 26.7. The zero-order valence-electron chi connectivity index (χ0n) is 11.2. The van der Waals surface area contributed by atoms with Crippen LogP contribution >= 0.6 is 11.6 Å². The fourth-order valence-electron chi connectivity index (χ4n) is 2.13. The molecular formula is C14H19ClN2O2S. The maximum Gasteiger partial charge on any atom is 0.234 e. The Morgan fingerprint density at radius 2 is 2.00 bits per heavy atom. The van der Waals surface area contributed by atoms with Crippen LogP contribution in [-0.4, -0.2) is 27.5 Å². The average molecular weight is 315 g/mol. The lowest BCUT2D eigenvalue weighted by Crippen LogP contribution is -2.39. The van der Waals surface area contributed by atoms with Gasteiger partial charge in [0.05, 0.1) is 0 Å². The van der Waals surface area contributed by atoms with Gasteiger partial charge in [-0.3, -0.25) is 0 Å². The summed E-state index contributed by atoms with van der Waals surface area (Å²) in [5.74, 6) is 0. The highest BCUT2D eigenvalue weighted by molar-refractivity contribution is 7.92. The topological polar surface area (TPSA) is 58.2 Å². The molecule has 1 aromatic rings. The smallest absolute Gasteiger partial charge is 0.234 e. The Labute approximate surface area is 125 Å². The third kappa shape index (κ3) is 5.25. The number of rotatable bonds is 4. The first kappa shape index (κ1) is 15.5. The third-order valence-corrected chi connectivity index (χ3v) is 4.60. The van der Waals surface area contributed by atoms with Crippen LogP contribution in [-0.2, 0) is 10.0 Å². The van der Waals surface area contributed by atoms with Gasteiger partial charge in [0.1, 0.15) is 0 Å². The highest BCUT2D eigenvalue weighted by Crippen LogP contribution is 2.11. The predicted molar refractivity (Wildman–Crippen MR) is 83.1 cm³/mol. The number of hydrogen-bond acceptors (Lipinski definition) is 3. The molecule has 110 valence electrons. The minimum absolute atomic E-state index is 0.0302. The van der Waals surface area contributed by atoms with Gasteiger partial charge in [-0.05, 0) is 43.2 Å². The molecule has 1 heterocycles. The summed E-state index contributed by atoms with van der Waals surface area (Å²) in [4.78, 5) is 0. The van der Waals surface area contributed by atoms with Crippen molar-refractivity contribution < 1.29 is 8.42 Å². The zero-order chi connectivity index (χ0) is 14.4. The molecule has 1 atom stereocenters. The van der Waals surface area contributed by atoms with E-state index in [4.69, 9.17) is 11.6 Å². The van der Waals surface area contributed by atoms with Crippen LogP contribution in [0.5, 0.6) is 0 Å². The minimum Gasteiger partial charge on any atom is -0.315 e. The number of benzene rings is 1. The Hall–Kier alpha value is -0.880. The Morgan fingerprint density at radius 1 is 1.25 bits per heavy atom. The largest absolute Gasteiger partial charge is 0.315 e. The van der Waals surface area contributed by atoms with E-state index in [2.05, 4.69) is 10.0 Å². The maximum absolute atomic E-state index is 12.0. The van der Waals surface area contributed by atoms with Crippen molar-refractivity contribution in [3.8, 4) is 0 Å². The van der Waals surface area contributed by atoms with E-state index in [1.165, 1.54) is 5.41 Å². The second-order valence-electron chi connectivity index (χ2n) is 4.91. The molecule has 2 rings (SSSR count). The molecule has 0 bridgehead atoms. The summed E-state index contributed by atoms with van der Waals surface area (Å²) in [6, 6.07) is 6.99. The van der Waals surface area contributed by atoms with Crippen LogP contribution < -0.4 is 10.0 Å². The molecule has 1 aromatic carbocycles. The van der Waals surface area contributed by atoms with E-state index in [-0.39, 0.29) is 6.04 Å². The molecule has 0 amide bonds. The van der Waals surface area contributed by atoms with E-state index in [0.29, 0.717) is 11.6 Å². The van der Waals surface area contributed by atoms with Crippen LogP contribution in [0.3, 0.4) is 0 Å². The molecule has 0 aliphatic carbocycles. The van der Waals surface area contributed by atoms with E-state index >= 15 is 0 Å². The third-order valence-electron chi connectivity index (χ3n) is 3.19. The van der Waals surface area contributed by atoms with Crippen molar-refractivity contribution in [2.24, 2.45) is 0 Å². The van der Waals surface area contributed by atoms with Gasteiger partial charge in [-0.15, -0.1) is 0 Å². The molecule has 1 fully saturated rings. The van der Waals surface area contributed by atoms with Crippen LogP contribution in [0.15, 0.2) is 29.7 Å². The van der Waals surface area contributed by atoms with E-state index < -0.39 is 10.0 Å². The molecule has 20 heavy (non-hydrogen) atoms. The van der Waals surface area contributed by atoms with Gasteiger partial charge in [0, 0.05) is 23.0 Å². The van der Waals surface area contributed by atoms with Crippen molar-refractivity contribution in [2.75, 3.05) is 13.1 Å². The summed E-state index contributed by atoms with van der Waals surface area (Å²) in [5, 5.41) is 5.08. The van der Waals surface area contributed by atoms with Crippen LogP contribution in [0.4, 0.5) is 0 Å². The van der Waals surface area contributed by atoms with Gasteiger partial charge >= 0.3 is 0 Å². The molecule has 0 aromatic heterocycles. The van der Waals surface area contributed by atoms with Crippen LogP contribution in [0.1, 0.15) is 24.8 Å². The van der Waals surface area contributed by atoms with Gasteiger partial charge in [0.25, 0.3) is 0 Å². The summed E-state index contributed by atoms with van der Waals surface area (Å²) in [6.45, 7) is 1.65. The first-order valence-electron chi connectivity index (χ1n) is 6.72. The highest BCUT2D eigenvalue weighted by atomic mass is 35.5. The van der Waals surface area contributed by atoms with Crippen LogP contribution in [0.2, 0.25) is 5.02 Å². The molecule has 0 spiro atoms. The van der Waals surface area contributed by atoms with Crippen LogP contribution in [0, 0.1) is 0 Å². The first-order valence-corrected chi connectivity index (χ1v) is 8.64. The molecule has 4 nitrogen and oxygen atoms in total. The van der Waals surface area contributed by atoms with Crippen molar-refractivity contribution in [3.05, 3.63) is 40.3 Å². The lowest BCUT2D eigenvalue weighted by atomic mass is 10.2. The van der Waals surface area contributed by atoms with Crippen molar-refractivity contribution in [1.29, 1.82) is 0 Å². The van der Waals surface area contributed by atoms with Crippen molar-refractivity contribution >= 4 is 27.7 Å². The molecule has 1 unspecified atom stereocenters. The lowest BCUT2D eigenvalue weighted by Gasteiger charge is -2.14. The number of hydrogen-bond donors (Lipinski definition) is 2. The summed E-state index contributed by atoms with van der Waals surface area (Å²) in [6.07, 6.45) is 4.59. The normalized spacial score (nSPS) is 20.9. The Morgan fingerprint density at radius 3 is 2.75 bits per heavy atom. The molecule has 1 saturated heterocycles. The first-order chi connectivity index (χ1) is 9.55. The van der Waals surface area contributed by atoms with Crippen molar-refractivity contribution in [3.63, 3.8) is 0 Å². The molecular weight excluding hydrogens is 296 g/mol. The summed E-state index contributed by atoms with van der Waals surface area (Å²) >= 11 is 5.78. The van der Waals surface area contributed by atoms with Gasteiger partial charge in [-0.1, -0.05) is 30.2 Å². The monoisotopic (exact) mass is 314 g/mol. The Kier molecular flexibility index (Phi) is 5.60. The van der Waals surface area contributed by atoms with E-state index in [0.717, 1.165) is 31.4 Å². The number of halogens is 1. The summed E-state index contributed by atoms with van der Waals surface area (Å²) in [7, 11) is -3.41. The van der Waals surface area contributed by atoms with Gasteiger partial charge in [0.2, 0.25) is 10.0 Å². The molecule has 1 aliphatic rings. The molecule has 2 N–H and O–H groups in total. The van der Waals surface area contributed by atoms with Gasteiger partial charge in [-0.25, -0.2) is 13.1 Å². The van der Waals surface area contributed by atoms with E-state index in [1.54, 1.807) is 30.3 Å². The van der Waals surface area contributed by atoms with E-state index in [9.17, 15) is 8.42 Å². The van der Waals surface area contributed by atoms with Crippen LogP contribution in [0.25, 0.3) is 6.08 Å². The van der Waals surface area contributed by atoms with Crippen molar-refractivity contribution in [1.82, 2.24) is 10.0 Å². The SMILES string of the molecule is O=S(=O)(C=Cc1ccc(Cl)cc1)NC1CCCCNC1. The highest BCUT2D eigenvalue weighted by Gasteiger charge is 2.16. The van der Waals surface area contributed by atoms with Gasteiger partial charge in [0.15, 0.2) is 0 Å². The molecule has 0 saturated carbocycles.